The second-order valence-corrected chi connectivity index (χ2v) is 5.39. The number of rotatable bonds is 7. The summed E-state index contributed by atoms with van der Waals surface area (Å²) >= 11 is 0. The average molecular weight is 315 g/mol. The summed E-state index contributed by atoms with van der Waals surface area (Å²) in [5.74, 6) is 2.17. The molecule has 0 aliphatic rings. The third kappa shape index (κ3) is 3.52. The number of hydrogen-bond acceptors (Lipinski definition) is 4. The molecule has 0 heterocycles. The van der Waals surface area contributed by atoms with E-state index in [9.17, 15) is 0 Å². The van der Waals surface area contributed by atoms with E-state index in [1.807, 2.05) is 24.3 Å². The van der Waals surface area contributed by atoms with Gasteiger partial charge in [-0.25, -0.2) is 0 Å². The molecule has 0 spiro atoms. The summed E-state index contributed by atoms with van der Waals surface area (Å²) in [6.07, 6.45) is 3.19. The number of benzene rings is 2. The number of nitrogens with two attached hydrogens (primary N) is 1. The molecule has 0 bridgehead atoms. The topological polar surface area (TPSA) is 53.7 Å². The fourth-order valence-corrected chi connectivity index (χ4v) is 2.72. The van der Waals surface area contributed by atoms with Crippen LogP contribution in [0.1, 0.15) is 25.3 Å². The molecule has 0 aliphatic heterocycles. The summed E-state index contributed by atoms with van der Waals surface area (Å²) < 4.78 is 16.5. The van der Waals surface area contributed by atoms with Gasteiger partial charge >= 0.3 is 0 Å². The van der Waals surface area contributed by atoms with E-state index in [2.05, 4.69) is 13.0 Å². The lowest BCUT2D eigenvalue weighted by Gasteiger charge is -2.19. The molecule has 0 unspecified atom stereocenters. The molecule has 0 aromatic heterocycles. The maximum Gasteiger partial charge on any atom is 0.168 e. The number of methoxy groups -OCH3 is 3. The zero-order valence-corrected chi connectivity index (χ0v) is 14.3. The van der Waals surface area contributed by atoms with Gasteiger partial charge in [0.1, 0.15) is 5.75 Å². The monoisotopic (exact) mass is 315 g/mol. The minimum atomic E-state index is 0.690. The molecular weight excluding hydrogens is 290 g/mol. The van der Waals surface area contributed by atoms with Gasteiger partial charge < -0.3 is 19.9 Å². The maximum atomic E-state index is 6.24. The summed E-state index contributed by atoms with van der Waals surface area (Å²) in [5, 5.41) is 0. The van der Waals surface area contributed by atoms with Crippen LogP contribution in [-0.4, -0.2) is 21.3 Å². The maximum absolute atomic E-state index is 6.24. The highest BCUT2D eigenvalue weighted by Crippen LogP contribution is 2.44. The van der Waals surface area contributed by atoms with Crippen LogP contribution < -0.4 is 19.9 Å². The Labute approximate surface area is 138 Å². The molecule has 4 heteroatoms. The molecule has 0 saturated carbocycles. The van der Waals surface area contributed by atoms with Crippen molar-refractivity contribution in [3.8, 4) is 28.4 Å². The van der Waals surface area contributed by atoms with Crippen LogP contribution in [0.5, 0.6) is 17.2 Å². The van der Waals surface area contributed by atoms with Gasteiger partial charge in [0.05, 0.1) is 21.3 Å². The molecule has 0 atom stereocenters. The Morgan fingerprint density at radius 1 is 0.957 bits per heavy atom. The highest BCUT2D eigenvalue weighted by molar-refractivity contribution is 5.85. The Hall–Kier alpha value is -2.36. The first-order valence-electron chi connectivity index (χ1n) is 7.84. The zero-order valence-electron chi connectivity index (χ0n) is 14.3. The summed E-state index contributed by atoms with van der Waals surface area (Å²) in [7, 11) is 4.94. The summed E-state index contributed by atoms with van der Waals surface area (Å²) in [6.45, 7) is 2.18. The van der Waals surface area contributed by atoms with E-state index in [1.54, 1.807) is 21.3 Å². The molecular formula is C19H25NO3. The van der Waals surface area contributed by atoms with Crippen LogP contribution in [0.4, 0.5) is 5.69 Å². The van der Waals surface area contributed by atoms with Crippen molar-refractivity contribution in [2.24, 2.45) is 0 Å². The standard InChI is InChI=1S/C19H25NO3/c1-5-6-7-13-8-11-17(22-3)19(23-4)18(13)15-12-14(21-2)9-10-16(15)20/h8-12H,5-7,20H2,1-4H3. The second kappa shape index (κ2) is 7.77. The third-order valence-corrected chi connectivity index (χ3v) is 3.96. The fourth-order valence-electron chi connectivity index (χ4n) is 2.72. The SMILES string of the molecule is CCCCc1ccc(OC)c(OC)c1-c1cc(OC)ccc1N. The van der Waals surface area contributed by atoms with Crippen molar-refractivity contribution >= 4 is 5.69 Å². The van der Waals surface area contributed by atoms with E-state index in [0.29, 0.717) is 17.2 Å². The van der Waals surface area contributed by atoms with Gasteiger partial charge in [-0.05, 0) is 42.7 Å². The molecule has 2 N–H and O–H groups in total. The highest BCUT2D eigenvalue weighted by Gasteiger charge is 2.19. The first-order valence-corrected chi connectivity index (χ1v) is 7.84. The van der Waals surface area contributed by atoms with Crippen molar-refractivity contribution in [1.82, 2.24) is 0 Å². The first kappa shape index (κ1) is 17.0. The zero-order chi connectivity index (χ0) is 16.8. The van der Waals surface area contributed by atoms with E-state index in [-0.39, 0.29) is 0 Å². The number of hydrogen-bond donors (Lipinski definition) is 1. The smallest absolute Gasteiger partial charge is 0.168 e. The largest absolute Gasteiger partial charge is 0.497 e. The fraction of sp³-hybridized carbons (Fsp3) is 0.368. The van der Waals surface area contributed by atoms with Crippen molar-refractivity contribution in [2.75, 3.05) is 27.1 Å². The van der Waals surface area contributed by atoms with Gasteiger partial charge in [-0.1, -0.05) is 19.4 Å². The van der Waals surface area contributed by atoms with Gasteiger partial charge in [-0.2, -0.15) is 0 Å². The van der Waals surface area contributed by atoms with Gasteiger partial charge in [0.25, 0.3) is 0 Å². The van der Waals surface area contributed by atoms with Crippen molar-refractivity contribution < 1.29 is 14.2 Å². The molecule has 124 valence electrons. The molecule has 2 aromatic carbocycles. The quantitative estimate of drug-likeness (QED) is 0.774. The minimum absolute atomic E-state index is 0.690. The van der Waals surface area contributed by atoms with Gasteiger partial charge in [-0.15, -0.1) is 0 Å². The second-order valence-electron chi connectivity index (χ2n) is 5.39. The van der Waals surface area contributed by atoms with Crippen LogP contribution in [-0.2, 0) is 6.42 Å². The van der Waals surface area contributed by atoms with Gasteiger partial charge in [-0.3, -0.25) is 0 Å². The number of unbranched alkanes of at least 4 members (excludes halogenated alkanes) is 1. The normalized spacial score (nSPS) is 10.4. The molecule has 0 amide bonds. The van der Waals surface area contributed by atoms with Crippen molar-refractivity contribution in [1.29, 1.82) is 0 Å². The third-order valence-electron chi connectivity index (χ3n) is 3.96. The van der Waals surface area contributed by atoms with E-state index >= 15 is 0 Å². The van der Waals surface area contributed by atoms with Gasteiger partial charge in [0, 0.05) is 16.8 Å². The van der Waals surface area contributed by atoms with E-state index in [4.69, 9.17) is 19.9 Å². The molecule has 23 heavy (non-hydrogen) atoms. The van der Waals surface area contributed by atoms with E-state index < -0.39 is 0 Å². The van der Waals surface area contributed by atoms with E-state index in [1.165, 1.54) is 5.56 Å². The predicted molar refractivity (Wildman–Crippen MR) is 94.6 cm³/mol. The molecule has 0 radical (unpaired) electrons. The average Bonchev–Trinajstić information content (AvgIpc) is 2.59. The summed E-state index contributed by atoms with van der Waals surface area (Å²) in [6, 6.07) is 9.70. The van der Waals surface area contributed by atoms with Crippen LogP contribution in [0.2, 0.25) is 0 Å². The molecule has 2 rings (SSSR count). The summed E-state index contributed by atoms with van der Waals surface area (Å²) in [4.78, 5) is 0. The summed E-state index contributed by atoms with van der Waals surface area (Å²) in [5.41, 5.74) is 10.0. The first-order chi connectivity index (χ1) is 11.2. The van der Waals surface area contributed by atoms with Crippen molar-refractivity contribution in [3.63, 3.8) is 0 Å². The molecule has 2 aromatic rings. The Balaban J connectivity index is 2.70. The number of aryl methyl sites for hydroxylation is 1. The van der Waals surface area contributed by atoms with Crippen LogP contribution in [0.25, 0.3) is 11.1 Å². The number of ether oxygens (including phenoxy) is 3. The highest BCUT2D eigenvalue weighted by atomic mass is 16.5. The van der Waals surface area contributed by atoms with E-state index in [0.717, 1.165) is 36.1 Å². The molecule has 4 nitrogen and oxygen atoms in total. The Morgan fingerprint density at radius 2 is 1.74 bits per heavy atom. The lowest BCUT2D eigenvalue weighted by molar-refractivity contribution is 0.355. The van der Waals surface area contributed by atoms with Crippen LogP contribution >= 0.6 is 0 Å². The van der Waals surface area contributed by atoms with Crippen LogP contribution in [0, 0.1) is 0 Å². The Morgan fingerprint density at radius 3 is 2.35 bits per heavy atom. The lowest BCUT2D eigenvalue weighted by atomic mass is 9.93. The molecule has 0 saturated heterocycles. The van der Waals surface area contributed by atoms with Gasteiger partial charge in [0.2, 0.25) is 0 Å². The Bertz CT molecular complexity index is 668. The number of anilines is 1. The minimum Gasteiger partial charge on any atom is -0.497 e. The number of nitrogen functional groups attached to an aromatic ring is 1. The lowest BCUT2D eigenvalue weighted by Crippen LogP contribution is -2.01. The predicted octanol–water partition coefficient (Wildman–Crippen LogP) is 4.30. The van der Waals surface area contributed by atoms with Crippen molar-refractivity contribution in [2.45, 2.75) is 26.2 Å². The Kier molecular flexibility index (Phi) is 5.74. The molecule has 0 aliphatic carbocycles. The molecule has 0 fully saturated rings. The van der Waals surface area contributed by atoms with Crippen LogP contribution in [0.3, 0.4) is 0 Å². The van der Waals surface area contributed by atoms with Gasteiger partial charge in [0.15, 0.2) is 11.5 Å². The van der Waals surface area contributed by atoms with Crippen LogP contribution in [0.15, 0.2) is 30.3 Å². The van der Waals surface area contributed by atoms with Crippen molar-refractivity contribution in [3.05, 3.63) is 35.9 Å².